The third-order valence-electron chi connectivity index (χ3n) is 4.16. The Hall–Kier alpha value is -3.02. The first kappa shape index (κ1) is 18.8. The van der Waals surface area contributed by atoms with Gasteiger partial charge in [0.1, 0.15) is 17.4 Å². The van der Waals surface area contributed by atoms with Crippen molar-refractivity contribution in [1.82, 2.24) is 4.90 Å². The number of carbonyl (C=O) groups is 2. The highest BCUT2D eigenvalue weighted by Gasteiger charge is 2.58. The Bertz CT molecular complexity index is 830. The second-order valence-electron chi connectivity index (χ2n) is 7.41. The summed E-state index contributed by atoms with van der Waals surface area (Å²) in [6, 6.07) is 15.5. The highest BCUT2D eigenvalue weighted by Crippen LogP contribution is 2.45. The zero-order valence-corrected chi connectivity index (χ0v) is 15.9. The molecule has 0 unspecified atom stereocenters. The summed E-state index contributed by atoms with van der Waals surface area (Å²) in [6.07, 6.45) is -0.511. The van der Waals surface area contributed by atoms with Crippen LogP contribution in [-0.2, 0) is 9.53 Å². The van der Waals surface area contributed by atoms with Crippen LogP contribution in [0.5, 0.6) is 5.75 Å². The molecule has 2 aromatic rings. The number of amides is 2. The highest BCUT2D eigenvalue weighted by molar-refractivity contribution is 6.00. The van der Waals surface area contributed by atoms with Gasteiger partial charge in [0, 0.05) is 5.69 Å². The van der Waals surface area contributed by atoms with Crippen LogP contribution in [0.2, 0.25) is 0 Å². The number of para-hydroxylation sites is 1. The second-order valence-corrected chi connectivity index (χ2v) is 7.41. The van der Waals surface area contributed by atoms with E-state index in [0.717, 1.165) is 5.56 Å². The summed E-state index contributed by atoms with van der Waals surface area (Å²) in [4.78, 5) is 26.9. The lowest BCUT2D eigenvalue weighted by atomic mass is 10.1. The number of nitrogens with zero attached hydrogens (tertiary/aromatic N) is 1. The molecule has 6 nitrogen and oxygen atoms in total. The molecule has 0 aliphatic carbocycles. The Labute approximate surface area is 159 Å². The van der Waals surface area contributed by atoms with Crippen LogP contribution in [0, 0.1) is 0 Å². The summed E-state index contributed by atoms with van der Waals surface area (Å²) in [5.74, 6) is 0.422. The number of benzene rings is 2. The molecule has 0 spiro atoms. The summed E-state index contributed by atoms with van der Waals surface area (Å²) in [7, 11) is 1.58. The van der Waals surface area contributed by atoms with Gasteiger partial charge in [-0.05, 0) is 50.6 Å². The maximum absolute atomic E-state index is 12.8. The minimum absolute atomic E-state index is 0.250. The molecule has 1 fully saturated rings. The zero-order valence-electron chi connectivity index (χ0n) is 15.9. The fraction of sp³-hybridized carbons (Fsp3) is 0.333. The van der Waals surface area contributed by atoms with Crippen molar-refractivity contribution < 1.29 is 19.1 Å². The number of hydrogen-bond donors (Lipinski definition) is 1. The lowest BCUT2D eigenvalue weighted by Gasteiger charge is -2.20. The van der Waals surface area contributed by atoms with Gasteiger partial charge in [0.2, 0.25) is 5.91 Å². The molecule has 0 radical (unpaired) electrons. The molecule has 142 valence electrons. The third kappa shape index (κ3) is 4.39. The van der Waals surface area contributed by atoms with Gasteiger partial charge in [-0.2, -0.15) is 0 Å². The van der Waals surface area contributed by atoms with E-state index in [1.54, 1.807) is 40.0 Å². The fourth-order valence-corrected chi connectivity index (χ4v) is 2.95. The minimum atomic E-state index is -0.640. The van der Waals surface area contributed by atoms with Crippen molar-refractivity contribution in [3.8, 4) is 5.75 Å². The topological polar surface area (TPSA) is 67.6 Å². The summed E-state index contributed by atoms with van der Waals surface area (Å²) < 4.78 is 10.7. The molecule has 0 bridgehead atoms. The number of nitrogens with one attached hydrogen (secondary N) is 1. The summed E-state index contributed by atoms with van der Waals surface area (Å²) in [6.45, 7) is 5.40. The van der Waals surface area contributed by atoms with Gasteiger partial charge in [-0.3, -0.25) is 9.69 Å². The van der Waals surface area contributed by atoms with E-state index in [1.807, 2.05) is 42.5 Å². The summed E-state index contributed by atoms with van der Waals surface area (Å²) in [5, 5.41) is 2.86. The van der Waals surface area contributed by atoms with Gasteiger partial charge >= 0.3 is 6.09 Å². The van der Waals surface area contributed by atoms with E-state index in [4.69, 9.17) is 9.47 Å². The van der Waals surface area contributed by atoms with E-state index in [-0.39, 0.29) is 5.91 Å². The lowest BCUT2D eigenvalue weighted by Crippen LogP contribution is -2.30. The molecule has 6 heteroatoms. The van der Waals surface area contributed by atoms with Gasteiger partial charge in [-0.15, -0.1) is 0 Å². The first-order chi connectivity index (χ1) is 12.8. The predicted molar refractivity (Wildman–Crippen MR) is 103 cm³/mol. The van der Waals surface area contributed by atoms with E-state index >= 15 is 0 Å². The van der Waals surface area contributed by atoms with Gasteiger partial charge in [-0.25, -0.2) is 4.79 Å². The number of rotatable bonds is 4. The Balaban J connectivity index is 1.83. The molecule has 2 aromatic carbocycles. The van der Waals surface area contributed by atoms with Gasteiger partial charge in [-0.1, -0.05) is 30.3 Å². The number of hydrogen-bond acceptors (Lipinski definition) is 4. The number of anilines is 1. The fourth-order valence-electron chi connectivity index (χ4n) is 2.95. The maximum Gasteiger partial charge on any atom is 0.411 e. The van der Waals surface area contributed by atoms with E-state index in [9.17, 15) is 9.59 Å². The number of methoxy groups -OCH3 is 1. The Morgan fingerprint density at radius 2 is 1.74 bits per heavy atom. The van der Waals surface area contributed by atoms with Crippen molar-refractivity contribution in [3.05, 3.63) is 60.2 Å². The van der Waals surface area contributed by atoms with Crippen molar-refractivity contribution in [2.75, 3.05) is 12.4 Å². The molecule has 0 aromatic heterocycles. The molecule has 27 heavy (non-hydrogen) atoms. The van der Waals surface area contributed by atoms with E-state index < -0.39 is 23.8 Å². The smallest absolute Gasteiger partial charge is 0.411 e. The molecule has 2 amide bonds. The maximum atomic E-state index is 12.8. The SMILES string of the molecule is COc1cccc([C@H]2[C@H](C(=O)Nc3ccccc3)N2C(=O)OC(C)(C)C)c1. The predicted octanol–water partition coefficient (Wildman–Crippen LogP) is 3.99. The quantitative estimate of drug-likeness (QED) is 0.829. The van der Waals surface area contributed by atoms with Crippen LogP contribution in [0.4, 0.5) is 10.5 Å². The normalized spacial score (nSPS) is 18.6. The van der Waals surface area contributed by atoms with Crippen LogP contribution in [0.15, 0.2) is 54.6 Å². The first-order valence-electron chi connectivity index (χ1n) is 8.81. The molecule has 1 aliphatic rings. The minimum Gasteiger partial charge on any atom is -0.497 e. The van der Waals surface area contributed by atoms with Crippen molar-refractivity contribution in [1.29, 1.82) is 0 Å². The Morgan fingerprint density at radius 3 is 2.37 bits per heavy atom. The van der Waals surface area contributed by atoms with Crippen LogP contribution >= 0.6 is 0 Å². The van der Waals surface area contributed by atoms with E-state index in [1.165, 1.54) is 4.90 Å². The third-order valence-corrected chi connectivity index (χ3v) is 4.16. The van der Waals surface area contributed by atoms with Crippen molar-refractivity contribution in [2.45, 2.75) is 38.5 Å². The molecule has 3 rings (SSSR count). The van der Waals surface area contributed by atoms with Crippen molar-refractivity contribution >= 4 is 17.7 Å². The average Bonchev–Trinajstić information content (AvgIpc) is 3.37. The highest BCUT2D eigenvalue weighted by atomic mass is 16.6. The van der Waals surface area contributed by atoms with Crippen molar-refractivity contribution in [3.63, 3.8) is 0 Å². The second kappa shape index (κ2) is 7.31. The van der Waals surface area contributed by atoms with Crippen LogP contribution in [0.3, 0.4) is 0 Å². The largest absolute Gasteiger partial charge is 0.497 e. The molecule has 0 saturated carbocycles. The number of ether oxygens (including phenoxy) is 2. The Morgan fingerprint density at radius 1 is 1.04 bits per heavy atom. The molecular weight excluding hydrogens is 344 g/mol. The molecule has 1 N–H and O–H groups in total. The summed E-state index contributed by atoms with van der Waals surface area (Å²) in [5.41, 5.74) is 0.871. The van der Waals surface area contributed by atoms with Gasteiger partial charge in [0.05, 0.1) is 13.2 Å². The summed E-state index contributed by atoms with van der Waals surface area (Å²) >= 11 is 0. The standard InChI is InChI=1S/C21H24N2O4/c1-21(2,3)27-20(25)23-17(14-9-8-12-16(13-14)26-4)18(23)19(24)22-15-10-6-5-7-11-15/h5-13,17-18H,1-4H3,(H,22,24)/t17-,18+,23?/m0/s1. The molecular formula is C21H24N2O4. The van der Waals surface area contributed by atoms with Crippen LogP contribution in [0.25, 0.3) is 0 Å². The zero-order chi connectivity index (χ0) is 19.6. The van der Waals surface area contributed by atoms with Gasteiger partial charge in [0.25, 0.3) is 0 Å². The van der Waals surface area contributed by atoms with Crippen LogP contribution in [-0.4, -0.2) is 35.7 Å². The van der Waals surface area contributed by atoms with Crippen LogP contribution < -0.4 is 10.1 Å². The van der Waals surface area contributed by atoms with E-state index in [0.29, 0.717) is 11.4 Å². The molecule has 1 aliphatic heterocycles. The molecule has 1 saturated heterocycles. The monoisotopic (exact) mass is 368 g/mol. The molecule has 1 heterocycles. The van der Waals surface area contributed by atoms with Crippen LogP contribution in [0.1, 0.15) is 32.4 Å². The average molecular weight is 368 g/mol. The molecule has 2 atom stereocenters. The van der Waals surface area contributed by atoms with Crippen molar-refractivity contribution in [2.24, 2.45) is 0 Å². The van der Waals surface area contributed by atoms with Gasteiger partial charge < -0.3 is 14.8 Å². The first-order valence-corrected chi connectivity index (χ1v) is 8.81. The number of carbonyl (C=O) groups excluding carboxylic acids is 2. The van der Waals surface area contributed by atoms with Gasteiger partial charge in [0.15, 0.2) is 0 Å². The lowest BCUT2D eigenvalue weighted by molar-refractivity contribution is -0.116. The Kier molecular flexibility index (Phi) is 5.08. The van der Waals surface area contributed by atoms with E-state index in [2.05, 4.69) is 5.32 Å².